The maximum Gasteiger partial charge on any atom is 0.248 e. The lowest BCUT2D eigenvalue weighted by Gasteiger charge is -2.14. The Labute approximate surface area is 198 Å². The molecule has 0 spiro atoms. The number of ether oxygens (including phenoxy) is 4. The molecule has 0 aromatic heterocycles. The van der Waals surface area contributed by atoms with Crippen molar-refractivity contribution in [2.45, 2.75) is 0 Å². The van der Waals surface area contributed by atoms with Crippen LogP contribution in [0.15, 0.2) is 60.7 Å². The van der Waals surface area contributed by atoms with Crippen molar-refractivity contribution in [1.29, 1.82) is 0 Å². The van der Waals surface area contributed by atoms with E-state index < -0.39 is 0 Å². The third-order valence-corrected chi connectivity index (χ3v) is 4.99. The normalized spacial score (nSPS) is 10.9. The number of carbonyl (C=O) groups excluding carboxylic acids is 1. The first-order valence-corrected chi connectivity index (χ1v) is 10.4. The molecule has 3 rings (SSSR count). The number of amides is 1. The lowest BCUT2D eigenvalue weighted by molar-refractivity contribution is -0.111. The highest BCUT2D eigenvalue weighted by Crippen LogP contribution is 2.40. The molecule has 176 valence electrons. The fourth-order valence-corrected chi connectivity index (χ4v) is 3.35. The highest BCUT2D eigenvalue weighted by molar-refractivity contribution is 6.04. The summed E-state index contributed by atoms with van der Waals surface area (Å²) < 4.78 is 21.5. The van der Waals surface area contributed by atoms with Crippen LogP contribution in [0, 0.1) is 0 Å². The summed E-state index contributed by atoms with van der Waals surface area (Å²) in [6, 6.07) is 16.3. The van der Waals surface area contributed by atoms with Crippen molar-refractivity contribution in [1.82, 2.24) is 0 Å². The van der Waals surface area contributed by atoms with Gasteiger partial charge in [-0.1, -0.05) is 42.5 Å². The van der Waals surface area contributed by atoms with Crippen LogP contribution in [0.3, 0.4) is 0 Å². The van der Waals surface area contributed by atoms with Crippen molar-refractivity contribution in [3.63, 3.8) is 0 Å². The van der Waals surface area contributed by atoms with Crippen molar-refractivity contribution >= 4 is 29.8 Å². The van der Waals surface area contributed by atoms with E-state index >= 15 is 0 Å². The van der Waals surface area contributed by atoms with Crippen LogP contribution in [0.25, 0.3) is 18.2 Å². The van der Waals surface area contributed by atoms with Gasteiger partial charge in [0.25, 0.3) is 0 Å². The maximum atomic E-state index is 12.6. The third-order valence-electron chi connectivity index (χ3n) is 4.99. The summed E-state index contributed by atoms with van der Waals surface area (Å²) >= 11 is 0. The second-order valence-corrected chi connectivity index (χ2v) is 7.11. The minimum Gasteiger partial charge on any atom is -0.504 e. The van der Waals surface area contributed by atoms with Crippen LogP contribution in [0.1, 0.15) is 16.7 Å². The number of phenols is 1. The number of rotatable bonds is 9. The Bertz CT molecular complexity index is 1180. The average Bonchev–Trinajstić information content (AvgIpc) is 2.87. The Morgan fingerprint density at radius 2 is 1.41 bits per heavy atom. The zero-order valence-corrected chi connectivity index (χ0v) is 19.5. The van der Waals surface area contributed by atoms with E-state index in [1.807, 2.05) is 36.4 Å². The quantitative estimate of drug-likeness (QED) is 0.334. The van der Waals surface area contributed by atoms with E-state index in [9.17, 15) is 9.90 Å². The lowest BCUT2D eigenvalue weighted by atomic mass is 10.1. The summed E-state index contributed by atoms with van der Waals surface area (Å²) in [5.74, 6) is 1.23. The molecule has 0 saturated carbocycles. The van der Waals surface area contributed by atoms with Crippen molar-refractivity contribution in [2.75, 3.05) is 33.8 Å². The van der Waals surface area contributed by atoms with E-state index in [0.29, 0.717) is 28.5 Å². The standard InChI is InChI=1S/C27H27NO6/c1-31-22-16-19(17-23(32-2)27(22)34-4)10-12-20-13-14-21(29)26(33-3)25(20)28-24(30)15-11-18-8-6-5-7-9-18/h5-17,29H,1-4H3,(H,28,30)/b12-10+,15-11+. The Kier molecular flexibility index (Phi) is 8.18. The fourth-order valence-electron chi connectivity index (χ4n) is 3.35. The highest BCUT2D eigenvalue weighted by atomic mass is 16.5. The number of methoxy groups -OCH3 is 4. The summed E-state index contributed by atoms with van der Waals surface area (Å²) in [6.07, 6.45) is 6.74. The molecule has 0 fully saturated rings. The Morgan fingerprint density at radius 1 is 0.765 bits per heavy atom. The van der Waals surface area contributed by atoms with Gasteiger partial charge in [-0.2, -0.15) is 0 Å². The molecule has 3 aromatic rings. The minimum atomic E-state index is -0.366. The van der Waals surface area contributed by atoms with Crippen molar-refractivity contribution in [3.8, 4) is 28.7 Å². The first kappa shape index (κ1) is 24.3. The smallest absolute Gasteiger partial charge is 0.248 e. The SMILES string of the molecule is COc1cc(/C=C/c2ccc(O)c(OC)c2NC(=O)/C=C/c2ccccc2)cc(OC)c1OC. The second-order valence-electron chi connectivity index (χ2n) is 7.11. The summed E-state index contributed by atoms with van der Waals surface area (Å²) in [4.78, 5) is 12.6. The molecule has 7 nitrogen and oxygen atoms in total. The van der Waals surface area contributed by atoms with Gasteiger partial charge in [-0.15, -0.1) is 0 Å². The monoisotopic (exact) mass is 461 g/mol. The van der Waals surface area contributed by atoms with Gasteiger partial charge in [0.15, 0.2) is 23.0 Å². The van der Waals surface area contributed by atoms with Gasteiger partial charge in [-0.25, -0.2) is 0 Å². The van der Waals surface area contributed by atoms with Crippen molar-refractivity contribution in [3.05, 3.63) is 77.4 Å². The van der Waals surface area contributed by atoms with E-state index in [1.165, 1.54) is 19.3 Å². The van der Waals surface area contributed by atoms with E-state index in [2.05, 4.69) is 5.32 Å². The van der Waals surface area contributed by atoms with Crippen LogP contribution < -0.4 is 24.3 Å². The number of carbonyl (C=O) groups is 1. The van der Waals surface area contributed by atoms with Gasteiger partial charge in [-0.05, 0) is 41.5 Å². The maximum absolute atomic E-state index is 12.6. The van der Waals surface area contributed by atoms with Gasteiger partial charge < -0.3 is 29.4 Å². The van der Waals surface area contributed by atoms with Gasteiger partial charge in [0.2, 0.25) is 11.7 Å². The Hall–Kier alpha value is -4.39. The van der Waals surface area contributed by atoms with Crippen LogP contribution in [0.5, 0.6) is 28.7 Å². The molecule has 34 heavy (non-hydrogen) atoms. The predicted molar refractivity (Wildman–Crippen MR) is 134 cm³/mol. The van der Waals surface area contributed by atoms with E-state index in [4.69, 9.17) is 18.9 Å². The van der Waals surface area contributed by atoms with Crippen molar-refractivity contribution < 1.29 is 28.8 Å². The lowest BCUT2D eigenvalue weighted by Crippen LogP contribution is -2.10. The molecule has 0 bridgehead atoms. The number of hydrogen-bond acceptors (Lipinski definition) is 6. The Balaban J connectivity index is 1.94. The molecule has 0 aliphatic carbocycles. The van der Waals surface area contributed by atoms with Crippen LogP contribution in [-0.2, 0) is 4.79 Å². The topological polar surface area (TPSA) is 86.2 Å². The molecule has 0 radical (unpaired) electrons. The second kappa shape index (κ2) is 11.5. The van der Waals surface area contributed by atoms with Crippen LogP contribution in [-0.4, -0.2) is 39.5 Å². The molecule has 3 aromatic carbocycles. The van der Waals surface area contributed by atoms with Gasteiger partial charge in [0.1, 0.15) is 0 Å². The van der Waals surface area contributed by atoms with E-state index in [-0.39, 0.29) is 17.4 Å². The number of nitrogens with one attached hydrogen (secondary N) is 1. The summed E-state index contributed by atoms with van der Waals surface area (Å²) in [7, 11) is 6.06. The molecule has 0 unspecified atom stereocenters. The zero-order valence-electron chi connectivity index (χ0n) is 19.5. The molecular formula is C27H27NO6. The number of phenolic OH excluding ortho intramolecular Hbond substituents is 1. The first-order chi connectivity index (χ1) is 16.5. The van der Waals surface area contributed by atoms with Crippen molar-refractivity contribution in [2.24, 2.45) is 0 Å². The molecule has 0 aliphatic heterocycles. The molecule has 0 aliphatic rings. The minimum absolute atomic E-state index is 0.0882. The molecule has 1 amide bonds. The predicted octanol–water partition coefficient (Wildman–Crippen LogP) is 5.25. The van der Waals surface area contributed by atoms with E-state index in [1.54, 1.807) is 51.7 Å². The summed E-state index contributed by atoms with van der Waals surface area (Å²) in [5.41, 5.74) is 2.64. The summed E-state index contributed by atoms with van der Waals surface area (Å²) in [6.45, 7) is 0. The molecule has 0 saturated heterocycles. The number of hydrogen-bond donors (Lipinski definition) is 2. The molecule has 7 heteroatoms. The van der Waals surface area contributed by atoms with Gasteiger partial charge >= 0.3 is 0 Å². The van der Waals surface area contributed by atoms with Crippen LogP contribution >= 0.6 is 0 Å². The third kappa shape index (κ3) is 5.69. The zero-order chi connectivity index (χ0) is 24.5. The number of benzene rings is 3. The van der Waals surface area contributed by atoms with Gasteiger partial charge in [-0.3, -0.25) is 4.79 Å². The highest BCUT2D eigenvalue weighted by Gasteiger charge is 2.15. The Morgan fingerprint density at radius 3 is 2.00 bits per heavy atom. The molecule has 0 atom stereocenters. The fraction of sp³-hybridized carbons (Fsp3) is 0.148. The summed E-state index contributed by atoms with van der Waals surface area (Å²) in [5, 5.41) is 13.1. The van der Waals surface area contributed by atoms with E-state index in [0.717, 1.165) is 11.1 Å². The van der Waals surface area contributed by atoms with Crippen LogP contribution in [0.4, 0.5) is 5.69 Å². The number of anilines is 1. The van der Waals surface area contributed by atoms with Gasteiger partial charge in [0.05, 0.1) is 34.1 Å². The first-order valence-electron chi connectivity index (χ1n) is 10.4. The average molecular weight is 462 g/mol. The molecule has 0 heterocycles. The largest absolute Gasteiger partial charge is 0.504 e. The molecular weight excluding hydrogens is 434 g/mol. The molecule has 2 N–H and O–H groups in total. The van der Waals surface area contributed by atoms with Crippen LogP contribution in [0.2, 0.25) is 0 Å². The van der Waals surface area contributed by atoms with Gasteiger partial charge in [0, 0.05) is 11.6 Å². The number of aromatic hydroxyl groups is 1.